The Kier molecular flexibility index (Phi) is 3.78. The highest BCUT2D eigenvalue weighted by atomic mass is 32.2. The highest BCUT2D eigenvalue weighted by Gasteiger charge is 2.11. The maximum absolute atomic E-state index is 13.0. The van der Waals surface area contributed by atoms with Crippen LogP contribution in [-0.2, 0) is 5.75 Å². The van der Waals surface area contributed by atoms with E-state index in [0.717, 1.165) is 21.8 Å². The van der Waals surface area contributed by atoms with E-state index in [1.807, 2.05) is 19.1 Å². The lowest BCUT2D eigenvalue weighted by molar-refractivity contribution is 0.391. The molecule has 4 rings (SSSR count). The van der Waals surface area contributed by atoms with Crippen molar-refractivity contribution >= 4 is 22.8 Å². The second-order valence-corrected chi connectivity index (χ2v) is 6.33. The molecule has 2 aromatic carbocycles. The van der Waals surface area contributed by atoms with E-state index >= 15 is 0 Å². The van der Waals surface area contributed by atoms with E-state index in [0.29, 0.717) is 17.5 Å². The van der Waals surface area contributed by atoms with Gasteiger partial charge in [0.15, 0.2) is 5.16 Å². The van der Waals surface area contributed by atoms with Crippen LogP contribution in [0, 0.1) is 12.7 Å². The van der Waals surface area contributed by atoms with Crippen LogP contribution in [0.4, 0.5) is 4.39 Å². The molecule has 24 heavy (non-hydrogen) atoms. The first kappa shape index (κ1) is 14.9. The number of hydrogen-bond donors (Lipinski definition) is 1. The zero-order valence-electron chi connectivity index (χ0n) is 12.8. The number of aryl methyl sites for hydroxylation is 1. The second kappa shape index (κ2) is 6.09. The molecule has 0 bridgehead atoms. The van der Waals surface area contributed by atoms with Crippen LogP contribution in [0.15, 0.2) is 52.1 Å². The Labute approximate surface area is 141 Å². The largest absolute Gasteiger partial charge is 0.338 e. The number of aromatic amines is 1. The number of thioether (sulfide) groups is 1. The summed E-state index contributed by atoms with van der Waals surface area (Å²) in [5, 5.41) is 4.73. The first-order valence-corrected chi connectivity index (χ1v) is 8.34. The third kappa shape index (κ3) is 3.03. The van der Waals surface area contributed by atoms with Crippen molar-refractivity contribution in [2.24, 2.45) is 0 Å². The van der Waals surface area contributed by atoms with Crippen LogP contribution in [0.25, 0.3) is 22.4 Å². The van der Waals surface area contributed by atoms with Crippen molar-refractivity contribution in [3.63, 3.8) is 0 Å². The summed E-state index contributed by atoms with van der Waals surface area (Å²) in [6.07, 6.45) is 0. The van der Waals surface area contributed by atoms with Gasteiger partial charge in [0.2, 0.25) is 11.7 Å². The molecule has 0 aliphatic carbocycles. The number of aromatic nitrogens is 4. The summed E-state index contributed by atoms with van der Waals surface area (Å²) in [6.45, 7) is 2.04. The third-order valence-electron chi connectivity index (χ3n) is 3.52. The number of nitrogens with one attached hydrogen (secondary N) is 1. The van der Waals surface area contributed by atoms with E-state index in [2.05, 4.69) is 26.2 Å². The van der Waals surface area contributed by atoms with Crippen LogP contribution in [-0.4, -0.2) is 20.1 Å². The number of benzene rings is 2. The van der Waals surface area contributed by atoms with Crippen LogP contribution in [0.3, 0.4) is 0 Å². The third-order valence-corrected chi connectivity index (χ3v) is 4.38. The minimum absolute atomic E-state index is 0.293. The summed E-state index contributed by atoms with van der Waals surface area (Å²) < 4.78 is 18.2. The molecule has 0 saturated carbocycles. The van der Waals surface area contributed by atoms with Gasteiger partial charge in [0.1, 0.15) is 5.82 Å². The fraction of sp³-hybridized carbons (Fsp3) is 0.118. The number of nitrogens with zero attached hydrogens (tertiary/aromatic N) is 3. The minimum atomic E-state index is -0.293. The SMILES string of the molecule is Cc1ccc2nc(SCc3nc(-c4ccc(F)cc4)no3)[nH]c2c1. The molecule has 0 fully saturated rings. The normalized spacial score (nSPS) is 11.2. The predicted molar refractivity (Wildman–Crippen MR) is 90.1 cm³/mol. The van der Waals surface area contributed by atoms with Gasteiger partial charge in [0.05, 0.1) is 16.8 Å². The van der Waals surface area contributed by atoms with Gasteiger partial charge in [-0.15, -0.1) is 0 Å². The first-order valence-electron chi connectivity index (χ1n) is 7.35. The van der Waals surface area contributed by atoms with Gasteiger partial charge in [-0.2, -0.15) is 4.98 Å². The molecule has 1 N–H and O–H groups in total. The molecule has 4 aromatic rings. The number of fused-ring (bicyclic) bond motifs is 1. The van der Waals surface area contributed by atoms with Gasteiger partial charge >= 0.3 is 0 Å². The van der Waals surface area contributed by atoms with Crippen molar-refractivity contribution in [3.05, 3.63) is 59.7 Å². The van der Waals surface area contributed by atoms with E-state index in [4.69, 9.17) is 4.52 Å². The Bertz CT molecular complexity index is 993. The fourth-order valence-electron chi connectivity index (χ4n) is 2.33. The van der Waals surface area contributed by atoms with Crippen molar-refractivity contribution in [2.75, 3.05) is 0 Å². The quantitative estimate of drug-likeness (QED) is 0.559. The van der Waals surface area contributed by atoms with Gasteiger partial charge in [-0.1, -0.05) is 23.0 Å². The lowest BCUT2D eigenvalue weighted by atomic mass is 10.2. The van der Waals surface area contributed by atoms with Crippen LogP contribution >= 0.6 is 11.8 Å². The predicted octanol–water partition coefficient (Wildman–Crippen LogP) is 4.35. The Morgan fingerprint density at radius 1 is 1.12 bits per heavy atom. The Morgan fingerprint density at radius 3 is 2.79 bits per heavy atom. The summed E-state index contributed by atoms with van der Waals surface area (Å²) in [5.41, 5.74) is 3.84. The molecular formula is C17H13FN4OS. The molecule has 0 aliphatic rings. The van der Waals surface area contributed by atoms with Crippen LogP contribution in [0.1, 0.15) is 11.5 Å². The average Bonchev–Trinajstić information content (AvgIpc) is 3.19. The van der Waals surface area contributed by atoms with Crippen LogP contribution in [0.2, 0.25) is 0 Å². The van der Waals surface area contributed by atoms with E-state index in [-0.39, 0.29) is 5.82 Å². The molecule has 2 heterocycles. The molecule has 120 valence electrons. The zero-order chi connectivity index (χ0) is 16.5. The zero-order valence-corrected chi connectivity index (χ0v) is 13.6. The molecule has 0 amide bonds. The van der Waals surface area contributed by atoms with E-state index < -0.39 is 0 Å². The average molecular weight is 340 g/mol. The Balaban J connectivity index is 1.48. The monoisotopic (exact) mass is 340 g/mol. The molecule has 5 nitrogen and oxygen atoms in total. The standard InChI is InChI=1S/C17H13FN4OS/c1-10-2-7-13-14(8-10)20-17(19-13)24-9-15-21-16(22-23-15)11-3-5-12(18)6-4-11/h2-8H,9H2,1H3,(H,19,20). The van der Waals surface area contributed by atoms with E-state index in [1.165, 1.54) is 29.5 Å². The van der Waals surface area contributed by atoms with Gasteiger partial charge in [-0.25, -0.2) is 9.37 Å². The summed E-state index contributed by atoms with van der Waals surface area (Å²) in [5.74, 6) is 1.16. The molecule has 0 atom stereocenters. The number of halogens is 1. The highest BCUT2D eigenvalue weighted by molar-refractivity contribution is 7.98. The topological polar surface area (TPSA) is 67.6 Å². The maximum atomic E-state index is 13.0. The van der Waals surface area contributed by atoms with Crippen molar-refractivity contribution in [1.82, 2.24) is 20.1 Å². The van der Waals surface area contributed by atoms with Gasteiger partial charge in [0, 0.05) is 5.56 Å². The number of imidazole rings is 1. The Morgan fingerprint density at radius 2 is 1.96 bits per heavy atom. The molecule has 0 aliphatic heterocycles. The smallest absolute Gasteiger partial charge is 0.237 e. The van der Waals surface area contributed by atoms with E-state index in [1.54, 1.807) is 12.1 Å². The van der Waals surface area contributed by atoms with Crippen molar-refractivity contribution in [1.29, 1.82) is 0 Å². The number of hydrogen-bond acceptors (Lipinski definition) is 5. The maximum Gasteiger partial charge on any atom is 0.237 e. The first-order chi connectivity index (χ1) is 11.7. The summed E-state index contributed by atoms with van der Waals surface area (Å²) in [6, 6.07) is 12.1. The van der Waals surface area contributed by atoms with Crippen molar-refractivity contribution < 1.29 is 8.91 Å². The second-order valence-electron chi connectivity index (χ2n) is 5.37. The van der Waals surface area contributed by atoms with Crippen molar-refractivity contribution in [3.8, 4) is 11.4 Å². The van der Waals surface area contributed by atoms with E-state index in [9.17, 15) is 4.39 Å². The minimum Gasteiger partial charge on any atom is -0.338 e. The molecule has 2 aromatic heterocycles. The molecule has 7 heteroatoms. The molecular weight excluding hydrogens is 327 g/mol. The molecule has 0 radical (unpaired) electrons. The number of H-pyrrole nitrogens is 1. The lowest BCUT2D eigenvalue weighted by Crippen LogP contribution is -1.84. The lowest BCUT2D eigenvalue weighted by Gasteiger charge is -1.93. The van der Waals surface area contributed by atoms with Gasteiger partial charge < -0.3 is 9.51 Å². The summed E-state index contributed by atoms with van der Waals surface area (Å²) >= 11 is 1.49. The summed E-state index contributed by atoms with van der Waals surface area (Å²) in [4.78, 5) is 12.1. The fourth-order valence-corrected chi connectivity index (χ4v) is 3.05. The van der Waals surface area contributed by atoms with Crippen LogP contribution < -0.4 is 0 Å². The van der Waals surface area contributed by atoms with Crippen LogP contribution in [0.5, 0.6) is 0 Å². The van der Waals surface area contributed by atoms with Crippen molar-refractivity contribution in [2.45, 2.75) is 17.8 Å². The van der Waals surface area contributed by atoms with Gasteiger partial charge in [-0.3, -0.25) is 0 Å². The van der Waals surface area contributed by atoms with Gasteiger partial charge in [-0.05, 0) is 48.9 Å². The molecule has 0 spiro atoms. The molecule has 0 saturated heterocycles. The highest BCUT2D eigenvalue weighted by Crippen LogP contribution is 2.24. The number of rotatable bonds is 4. The molecule has 0 unspecified atom stereocenters. The van der Waals surface area contributed by atoms with Gasteiger partial charge in [0.25, 0.3) is 0 Å². The Hall–Kier alpha value is -2.67. The summed E-state index contributed by atoms with van der Waals surface area (Å²) in [7, 11) is 0.